The predicted octanol–water partition coefficient (Wildman–Crippen LogP) is 7.96. The first kappa shape index (κ1) is 20.2. The van der Waals surface area contributed by atoms with Crippen LogP contribution in [0.25, 0.3) is 0 Å². The van der Waals surface area contributed by atoms with Crippen LogP contribution in [0.4, 0.5) is 0 Å². The van der Waals surface area contributed by atoms with Gasteiger partial charge >= 0.3 is 166 Å². The summed E-state index contributed by atoms with van der Waals surface area (Å²) >= 11 is 1.40. The van der Waals surface area contributed by atoms with Crippen molar-refractivity contribution in [2.45, 2.75) is 65.2 Å². The second-order valence-electron chi connectivity index (χ2n) is 7.73. The Morgan fingerprint density at radius 2 is 0.958 bits per heavy atom. The van der Waals surface area contributed by atoms with Crippen LogP contribution in [-0.2, 0) is 10.8 Å². The SMILES string of the molecule is CCC(C)(C)c1ccc(I(I)c2ccc(C(C)(C)CC)cc2)cc1. The van der Waals surface area contributed by atoms with Gasteiger partial charge in [-0.15, -0.1) is 0 Å². The van der Waals surface area contributed by atoms with Crippen LogP contribution in [-0.4, -0.2) is 0 Å². The van der Waals surface area contributed by atoms with Gasteiger partial charge in [-0.25, -0.2) is 0 Å². The van der Waals surface area contributed by atoms with Gasteiger partial charge in [0.1, 0.15) is 0 Å². The Bertz CT molecular complexity index is 592. The fraction of sp³-hybridized carbons (Fsp3) is 0.455. The molecule has 0 spiro atoms. The summed E-state index contributed by atoms with van der Waals surface area (Å²) in [5.41, 5.74) is 3.45. The molecule has 24 heavy (non-hydrogen) atoms. The Kier molecular flexibility index (Phi) is 6.79. The van der Waals surface area contributed by atoms with Gasteiger partial charge in [-0.05, 0) is 0 Å². The summed E-state index contributed by atoms with van der Waals surface area (Å²) in [7, 11) is 0. The first-order valence-corrected chi connectivity index (χ1v) is 17.2. The molecule has 0 bridgehead atoms. The molecule has 0 N–H and O–H groups in total. The fourth-order valence-corrected chi connectivity index (χ4v) is 8.91. The van der Waals surface area contributed by atoms with Crippen LogP contribution in [0.1, 0.15) is 65.5 Å². The molecule has 0 nitrogen and oxygen atoms in total. The molecule has 0 aliphatic rings. The van der Waals surface area contributed by atoms with Crippen LogP contribution in [0, 0.1) is 7.14 Å². The van der Waals surface area contributed by atoms with E-state index >= 15 is 0 Å². The van der Waals surface area contributed by atoms with Crippen molar-refractivity contribution in [1.29, 1.82) is 0 Å². The monoisotopic (exact) mass is 548 g/mol. The zero-order valence-electron chi connectivity index (χ0n) is 15.8. The first-order chi connectivity index (χ1) is 11.2. The van der Waals surface area contributed by atoms with E-state index in [1.807, 2.05) is 0 Å². The van der Waals surface area contributed by atoms with Crippen molar-refractivity contribution in [3.63, 3.8) is 0 Å². The Balaban J connectivity index is 2.21. The number of benzene rings is 2. The van der Waals surface area contributed by atoms with E-state index in [1.54, 1.807) is 0 Å². The third kappa shape index (κ3) is 4.54. The molecule has 2 aromatic rings. The van der Waals surface area contributed by atoms with Gasteiger partial charge in [0.15, 0.2) is 0 Å². The normalized spacial score (nSPS) is 13.0. The molecule has 0 fully saturated rings. The quantitative estimate of drug-likeness (QED) is 0.322. The number of halogens is 2. The zero-order chi connectivity index (χ0) is 18.0. The van der Waals surface area contributed by atoms with Crippen LogP contribution in [0.3, 0.4) is 0 Å². The van der Waals surface area contributed by atoms with Crippen molar-refractivity contribution in [2.24, 2.45) is 0 Å². The summed E-state index contributed by atoms with van der Waals surface area (Å²) in [6.07, 6.45) is 2.35. The van der Waals surface area contributed by atoms with Crippen LogP contribution in [0.2, 0.25) is 0 Å². The summed E-state index contributed by atoms with van der Waals surface area (Å²) in [5.74, 6) is 0. The van der Waals surface area contributed by atoms with Gasteiger partial charge < -0.3 is 0 Å². The second-order valence-corrected chi connectivity index (χ2v) is 17.0. The van der Waals surface area contributed by atoms with Crippen LogP contribution < -0.4 is 0 Å². The molecule has 0 amide bonds. The zero-order valence-corrected chi connectivity index (χ0v) is 20.1. The number of rotatable bonds is 6. The minimum atomic E-state index is -1.31. The van der Waals surface area contributed by atoms with Crippen LogP contribution in [0.5, 0.6) is 0 Å². The Morgan fingerprint density at radius 3 is 1.21 bits per heavy atom. The average molecular weight is 548 g/mol. The molecule has 0 saturated carbocycles. The summed E-state index contributed by atoms with van der Waals surface area (Å²) in [6, 6.07) is 18.9. The van der Waals surface area contributed by atoms with Gasteiger partial charge in [-0.1, -0.05) is 0 Å². The van der Waals surface area contributed by atoms with Crippen molar-refractivity contribution in [3.8, 4) is 0 Å². The van der Waals surface area contributed by atoms with Crippen molar-refractivity contribution in [2.75, 3.05) is 0 Å². The van der Waals surface area contributed by atoms with E-state index in [0.29, 0.717) is 0 Å². The van der Waals surface area contributed by atoms with Gasteiger partial charge in [0.25, 0.3) is 0 Å². The van der Waals surface area contributed by atoms with E-state index in [4.69, 9.17) is 0 Å². The van der Waals surface area contributed by atoms with E-state index < -0.39 is 15.8 Å². The minimum absolute atomic E-state index is 0.274. The Hall–Kier alpha value is -0.100. The predicted molar refractivity (Wildman–Crippen MR) is 125 cm³/mol. The molecular weight excluding hydrogens is 518 g/mol. The fourth-order valence-electron chi connectivity index (χ4n) is 2.56. The molecule has 0 radical (unpaired) electrons. The summed E-state index contributed by atoms with van der Waals surface area (Å²) < 4.78 is 3.08. The number of hydrogen-bond acceptors (Lipinski definition) is 0. The molecule has 2 rings (SSSR count). The molecule has 0 aliphatic heterocycles. The van der Waals surface area contributed by atoms with E-state index in [0.717, 1.165) is 0 Å². The third-order valence-electron chi connectivity index (χ3n) is 5.40. The van der Waals surface area contributed by atoms with E-state index in [-0.39, 0.29) is 10.8 Å². The first-order valence-electron chi connectivity index (χ1n) is 8.78. The molecule has 2 heteroatoms. The molecule has 132 valence electrons. The average Bonchev–Trinajstić information content (AvgIpc) is 2.61. The van der Waals surface area contributed by atoms with Crippen molar-refractivity contribution in [3.05, 3.63) is 66.8 Å². The second kappa shape index (κ2) is 8.07. The molecule has 0 aliphatic carbocycles. The summed E-state index contributed by atoms with van der Waals surface area (Å²) in [5, 5.41) is 0. The molecular formula is C22H30I2. The molecule has 0 unspecified atom stereocenters. The van der Waals surface area contributed by atoms with Gasteiger partial charge in [0.05, 0.1) is 0 Å². The van der Waals surface area contributed by atoms with E-state index in [9.17, 15) is 0 Å². The molecule has 0 atom stereocenters. The standard InChI is InChI=1S/C22H30I2/c1-7-21(3,4)17-9-13-19(14-10-17)24(23)20-15-11-18(12-16-20)22(5,6)8-2/h9-16H,7-8H2,1-6H3. The Labute approximate surface area is 165 Å². The van der Waals surface area contributed by atoms with E-state index in [2.05, 4.69) is 109 Å². The molecule has 0 heterocycles. The maximum atomic E-state index is 2.71. The summed E-state index contributed by atoms with van der Waals surface area (Å²) in [6.45, 7) is 13.9. The van der Waals surface area contributed by atoms with Crippen LogP contribution >= 0.6 is 34.5 Å². The van der Waals surface area contributed by atoms with Crippen LogP contribution in [0.15, 0.2) is 48.5 Å². The molecule has 2 aromatic carbocycles. The third-order valence-corrected chi connectivity index (χ3v) is 15.3. The number of hydrogen-bond donors (Lipinski definition) is 0. The molecule has 0 saturated heterocycles. The maximum absolute atomic E-state index is 2.71. The van der Waals surface area contributed by atoms with Crippen molar-refractivity contribution < 1.29 is 0 Å². The van der Waals surface area contributed by atoms with Gasteiger partial charge in [-0.2, -0.15) is 0 Å². The Morgan fingerprint density at radius 1 is 0.667 bits per heavy atom. The van der Waals surface area contributed by atoms with Gasteiger partial charge in [0, 0.05) is 0 Å². The topological polar surface area (TPSA) is 0 Å². The van der Waals surface area contributed by atoms with Crippen molar-refractivity contribution in [1.82, 2.24) is 0 Å². The summed E-state index contributed by atoms with van der Waals surface area (Å²) in [4.78, 5) is 0. The van der Waals surface area contributed by atoms with Gasteiger partial charge in [0.2, 0.25) is 0 Å². The van der Waals surface area contributed by atoms with E-state index in [1.165, 1.54) is 31.1 Å². The van der Waals surface area contributed by atoms with Crippen molar-refractivity contribution >= 4 is 34.5 Å². The van der Waals surface area contributed by atoms with Gasteiger partial charge in [-0.3, -0.25) is 0 Å². The molecule has 0 aromatic heterocycles.